The average molecular weight is 385 g/mol. The summed E-state index contributed by atoms with van der Waals surface area (Å²) in [5, 5.41) is 0. The quantitative estimate of drug-likeness (QED) is 0.459. The van der Waals surface area contributed by atoms with Gasteiger partial charge in [-0.2, -0.15) is 0 Å². The largest absolute Gasteiger partial charge is 0.493 e. The van der Waals surface area contributed by atoms with Crippen molar-refractivity contribution in [3.8, 4) is 11.5 Å². The van der Waals surface area contributed by atoms with Gasteiger partial charge in [-0.05, 0) is 41.5 Å². The van der Waals surface area contributed by atoms with Gasteiger partial charge in [-0.1, -0.05) is 54.6 Å². The number of hydrogen-bond acceptors (Lipinski definition) is 5. The number of benzene rings is 3. The summed E-state index contributed by atoms with van der Waals surface area (Å²) in [6.45, 7) is 0.412. The van der Waals surface area contributed by atoms with Crippen molar-refractivity contribution < 1.29 is 19.0 Å². The number of ether oxygens (including phenoxy) is 3. The molecule has 5 heteroatoms. The number of rotatable bonds is 6. The molecule has 0 aromatic heterocycles. The minimum Gasteiger partial charge on any atom is -0.493 e. The molecule has 144 valence electrons. The third-order valence-electron chi connectivity index (χ3n) is 4.37. The number of hydrogen-bond donors (Lipinski definition) is 0. The molecule has 0 amide bonds. The monoisotopic (exact) mass is 385 g/mol. The fraction of sp³-hybridized carbons (Fsp3) is 0.0833. The molecular formula is C24H19NO4. The van der Waals surface area contributed by atoms with Gasteiger partial charge in [0, 0.05) is 5.56 Å². The van der Waals surface area contributed by atoms with Crippen LogP contribution in [0.1, 0.15) is 16.7 Å². The van der Waals surface area contributed by atoms with Crippen molar-refractivity contribution in [3.05, 3.63) is 101 Å². The Morgan fingerprint density at radius 2 is 1.66 bits per heavy atom. The maximum atomic E-state index is 12.2. The van der Waals surface area contributed by atoms with Crippen LogP contribution in [0.25, 0.3) is 6.08 Å². The third kappa shape index (κ3) is 4.35. The molecule has 0 N–H and O–H groups in total. The molecule has 0 fully saturated rings. The van der Waals surface area contributed by atoms with Crippen molar-refractivity contribution in [1.82, 2.24) is 0 Å². The summed E-state index contributed by atoms with van der Waals surface area (Å²) < 4.78 is 16.6. The number of methoxy groups -OCH3 is 1. The second-order valence-corrected chi connectivity index (χ2v) is 6.39. The highest BCUT2D eigenvalue weighted by Crippen LogP contribution is 2.30. The van der Waals surface area contributed by atoms with Crippen LogP contribution in [-0.2, 0) is 16.1 Å². The topological polar surface area (TPSA) is 57.1 Å². The molecule has 3 aromatic rings. The molecule has 0 saturated heterocycles. The zero-order valence-electron chi connectivity index (χ0n) is 15.9. The summed E-state index contributed by atoms with van der Waals surface area (Å²) >= 11 is 0. The van der Waals surface area contributed by atoms with Crippen LogP contribution in [0, 0.1) is 0 Å². The zero-order valence-corrected chi connectivity index (χ0v) is 15.9. The second-order valence-electron chi connectivity index (χ2n) is 6.39. The van der Waals surface area contributed by atoms with Gasteiger partial charge in [0.1, 0.15) is 6.61 Å². The molecule has 0 aliphatic carbocycles. The molecule has 0 spiro atoms. The third-order valence-corrected chi connectivity index (χ3v) is 4.37. The molecule has 0 atom stereocenters. The predicted octanol–water partition coefficient (Wildman–Crippen LogP) is 4.62. The van der Waals surface area contributed by atoms with Gasteiger partial charge in [0.25, 0.3) is 0 Å². The van der Waals surface area contributed by atoms with Gasteiger partial charge < -0.3 is 14.2 Å². The zero-order chi connectivity index (χ0) is 20.1. The summed E-state index contributed by atoms with van der Waals surface area (Å²) in [7, 11) is 1.59. The van der Waals surface area contributed by atoms with Crippen molar-refractivity contribution in [1.29, 1.82) is 0 Å². The maximum Gasteiger partial charge on any atom is 0.363 e. The highest BCUT2D eigenvalue weighted by atomic mass is 16.6. The van der Waals surface area contributed by atoms with Gasteiger partial charge in [0.05, 0.1) is 7.11 Å². The molecule has 3 aromatic carbocycles. The Balaban J connectivity index is 1.58. The Kier molecular flexibility index (Phi) is 5.38. The lowest BCUT2D eigenvalue weighted by atomic mass is 10.1. The summed E-state index contributed by atoms with van der Waals surface area (Å²) in [6, 6.07) is 24.6. The second kappa shape index (κ2) is 8.44. The molecular weight excluding hydrogens is 366 g/mol. The van der Waals surface area contributed by atoms with Crippen LogP contribution in [-0.4, -0.2) is 19.0 Å². The number of aliphatic imine (C=N–C) groups is 1. The van der Waals surface area contributed by atoms with E-state index in [1.54, 1.807) is 19.3 Å². The first-order valence-electron chi connectivity index (χ1n) is 9.16. The first kappa shape index (κ1) is 18.5. The van der Waals surface area contributed by atoms with Crippen molar-refractivity contribution in [2.75, 3.05) is 7.11 Å². The van der Waals surface area contributed by atoms with Gasteiger partial charge in [-0.3, -0.25) is 0 Å². The van der Waals surface area contributed by atoms with E-state index in [1.807, 2.05) is 72.8 Å². The fourth-order valence-electron chi connectivity index (χ4n) is 2.90. The van der Waals surface area contributed by atoms with E-state index in [4.69, 9.17) is 14.2 Å². The van der Waals surface area contributed by atoms with Crippen LogP contribution in [0.5, 0.6) is 11.5 Å². The highest BCUT2D eigenvalue weighted by Gasteiger charge is 2.24. The molecule has 29 heavy (non-hydrogen) atoms. The van der Waals surface area contributed by atoms with E-state index in [2.05, 4.69) is 4.99 Å². The van der Waals surface area contributed by atoms with Crippen LogP contribution >= 0.6 is 0 Å². The van der Waals surface area contributed by atoms with E-state index in [-0.39, 0.29) is 5.70 Å². The van der Waals surface area contributed by atoms with Gasteiger partial charge in [0.15, 0.2) is 17.2 Å². The molecule has 5 nitrogen and oxygen atoms in total. The van der Waals surface area contributed by atoms with E-state index in [9.17, 15) is 4.79 Å². The lowest BCUT2D eigenvalue weighted by molar-refractivity contribution is -0.129. The Hall–Kier alpha value is -3.86. The van der Waals surface area contributed by atoms with Crippen molar-refractivity contribution >= 4 is 17.9 Å². The molecule has 0 saturated carbocycles. The van der Waals surface area contributed by atoms with E-state index < -0.39 is 5.97 Å². The molecule has 0 bridgehead atoms. The first-order chi connectivity index (χ1) is 14.2. The molecule has 1 heterocycles. The summed E-state index contributed by atoms with van der Waals surface area (Å²) in [6.07, 6.45) is 1.67. The SMILES string of the molecule is COc1ccc(C=C2N=C(c3ccccc3)OC2=O)cc1OCc1ccccc1. The molecule has 0 radical (unpaired) electrons. The fourth-order valence-corrected chi connectivity index (χ4v) is 2.90. The lowest BCUT2D eigenvalue weighted by Crippen LogP contribution is -2.04. The first-order valence-corrected chi connectivity index (χ1v) is 9.16. The van der Waals surface area contributed by atoms with E-state index in [0.717, 1.165) is 16.7 Å². The Morgan fingerprint density at radius 1 is 0.931 bits per heavy atom. The van der Waals surface area contributed by atoms with Crippen molar-refractivity contribution in [2.45, 2.75) is 6.61 Å². The predicted molar refractivity (Wildman–Crippen MR) is 111 cm³/mol. The van der Waals surface area contributed by atoms with Crippen LogP contribution in [0.2, 0.25) is 0 Å². The Labute approximate surface area is 168 Å². The number of carbonyl (C=O) groups is 1. The minimum atomic E-state index is -0.480. The Morgan fingerprint density at radius 3 is 2.38 bits per heavy atom. The average Bonchev–Trinajstić information content (AvgIpc) is 3.14. The Bertz CT molecular complexity index is 1070. The molecule has 4 rings (SSSR count). The van der Waals surface area contributed by atoms with Crippen LogP contribution in [0.15, 0.2) is 89.6 Å². The summed E-state index contributed by atoms with van der Waals surface area (Å²) in [4.78, 5) is 16.6. The highest BCUT2D eigenvalue weighted by molar-refractivity contribution is 6.12. The molecule has 0 unspecified atom stereocenters. The number of esters is 1. The van der Waals surface area contributed by atoms with E-state index >= 15 is 0 Å². The van der Waals surface area contributed by atoms with Crippen molar-refractivity contribution in [3.63, 3.8) is 0 Å². The van der Waals surface area contributed by atoms with Crippen LogP contribution in [0.4, 0.5) is 0 Å². The van der Waals surface area contributed by atoms with Gasteiger partial charge in [-0.15, -0.1) is 0 Å². The molecule has 1 aliphatic heterocycles. The van der Waals surface area contributed by atoms with Gasteiger partial charge >= 0.3 is 5.97 Å². The standard InChI is InChI=1S/C24H19NO4/c1-27-21-13-12-18(15-22(21)28-16-17-8-4-2-5-9-17)14-20-24(26)29-23(25-20)19-10-6-3-7-11-19/h2-15H,16H2,1H3. The normalized spacial score (nSPS) is 14.4. The van der Waals surface area contributed by atoms with Crippen LogP contribution in [0.3, 0.4) is 0 Å². The maximum absolute atomic E-state index is 12.2. The number of cyclic esters (lactones) is 1. The number of nitrogens with zero attached hydrogens (tertiary/aromatic N) is 1. The van der Waals surface area contributed by atoms with Gasteiger partial charge in [-0.25, -0.2) is 9.79 Å². The summed E-state index contributed by atoms with van der Waals surface area (Å²) in [5.41, 5.74) is 2.81. The molecule has 1 aliphatic rings. The van der Waals surface area contributed by atoms with Crippen LogP contribution < -0.4 is 9.47 Å². The number of carbonyl (C=O) groups excluding carboxylic acids is 1. The summed E-state index contributed by atoms with van der Waals surface area (Å²) in [5.74, 6) is 1.03. The lowest BCUT2D eigenvalue weighted by Gasteiger charge is -2.11. The van der Waals surface area contributed by atoms with E-state index in [1.165, 1.54) is 0 Å². The van der Waals surface area contributed by atoms with Gasteiger partial charge in [0.2, 0.25) is 5.90 Å². The minimum absolute atomic E-state index is 0.239. The smallest absolute Gasteiger partial charge is 0.363 e. The van der Waals surface area contributed by atoms with E-state index in [0.29, 0.717) is 24.0 Å². The van der Waals surface area contributed by atoms with Crippen molar-refractivity contribution in [2.24, 2.45) is 4.99 Å².